The Hall–Kier alpha value is -1.51. The highest BCUT2D eigenvalue weighted by Gasteiger charge is 2.25. The van der Waals surface area contributed by atoms with Crippen LogP contribution in [0.5, 0.6) is 0 Å². The molecule has 20 heavy (non-hydrogen) atoms. The minimum Gasteiger partial charge on any atom is -0.390 e. The second-order valence-corrected chi connectivity index (χ2v) is 6.84. The van der Waals surface area contributed by atoms with Gasteiger partial charge in [0.25, 0.3) is 0 Å². The van der Waals surface area contributed by atoms with Crippen LogP contribution in [0, 0.1) is 0 Å². The summed E-state index contributed by atoms with van der Waals surface area (Å²) in [5, 5.41) is 14.6. The van der Waals surface area contributed by atoms with E-state index in [4.69, 9.17) is 10.5 Å². The van der Waals surface area contributed by atoms with Gasteiger partial charge in [-0.2, -0.15) is 9.61 Å². The van der Waals surface area contributed by atoms with Crippen molar-refractivity contribution in [2.24, 2.45) is 0 Å². The molecular weight excluding hydrogens is 294 g/mol. The van der Waals surface area contributed by atoms with Crippen molar-refractivity contribution < 1.29 is 4.74 Å². The number of aryl methyl sites for hydroxylation is 1. The van der Waals surface area contributed by atoms with E-state index in [1.807, 2.05) is 0 Å². The summed E-state index contributed by atoms with van der Waals surface area (Å²) in [6.45, 7) is 0.404. The number of nitrogens with zero attached hydrogens (tertiary/aromatic N) is 4. The van der Waals surface area contributed by atoms with Crippen molar-refractivity contribution in [3.63, 3.8) is 0 Å². The number of methoxy groups -OCH3 is 1. The second kappa shape index (κ2) is 4.51. The molecule has 6 nitrogen and oxygen atoms in total. The van der Waals surface area contributed by atoms with Crippen molar-refractivity contribution in [1.29, 1.82) is 0 Å². The number of aromatic nitrogens is 4. The molecule has 1 aliphatic rings. The Morgan fingerprint density at radius 2 is 2.20 bits per heavy atom. The summed E-state index contributed by atoms with van der Waals surface area (Å²) < 4.78 is 6.86. The molecule has 3 aromatic heterocycles. The van der Waals surface area contributed by atoms with Gasteiger partial charge in [0.05, 0.1) is 10.6 Å². The van der Waals surface area contributed by atoms with E-state index in [0.717, 1.165) is 39.2 Å². The number of hydrogen-bond acceptors (Lipinski definition) is 7. The summed E-state index contributed by atoms with van der Waals surface area (Å²) in [6, 6.07) is 0. The number of hydrogen-bond donors (Lipinski definition) is 1. The number of thiophene rings is 1. The monoisotopic (exact) mass is 307 g/mol. The molecule has 8 heteroatoms. The van der Waals surface area contributed by atoms with Crippen LogP contribution in [-0.4, -0.2) is 26.9 Å². The van der Waals surface area contributed by atoms with Crippen molar-refractivity contribution >= 4 is 32.6 Å². The molecule has 0 amide bonds. The van der Waals surface area contributed by atoms with Crippen molar-refractivity contribution in [1.82, 2.24) is 19.8 Å². The molecule has 4 rings (SSSR count). The molecule has 0 saturated carbocycles. The molecule has 0 aromatic carbocycles. The number of rotatable bonds is 3. The van der Waals surface area contributed by atoms with Gasteiger partial charge >= 0.3 is 0 Å². The van der Waals surface area contributed by atoms with Gasteiger partial charge in [-0.15, -0.1) is 21.5 Å². The molecule has 104 valence electrons. The minimum atomic E-state index is 0.404. The normalized spacial score (nSPS) is 14.2. The maximum atomic E-state index is 6.19. The molecule has 0 aliphatic heterocycles. The van der Waals surface area contributed by atoms with E-state index in [1.54, 1.807) is 23.0 Å². The number of nitrogens with two attached hydrogens (primary N) is 1. The van der Waals surface area contributed by atoms with Gasteiger partial charge < -0.3 is 10.5 Å². The highest BCUT2D eigenvalue weighted by molar-refractivity contribution is 7.21. The first-order valence-electron chi connectivity index (χ1n) is 6.38. The van der Waals surface area contributed by atoms with Gasteiger partial charge in [0, 0.05) is 12.0 Å². The lowest BCUT2D eigenvalue weighted by atomic mass is 10.1. The largest absolute Gasteiger partial charge is 0.390 e. The first-order chi connectivity index (χ1) is 9.78. The van der Waals surface area contributed by atoms with Crippen LogP contribution in [0.15, 0.2) is 0 Å². The highest BCUT2D eigenvalue weighted by atomic mass is 32.1. The van der Waals surface area contributed by atoms with Gasteiger partial charge in [0.1, 0.15) is 6.61 Å². The number of nitrogen functional groups attached to an aromatic ring is 1. The summed E-state index contributed by atoms with van der Waals surface area (Å²) in [6.07, 6.45) is 3.46. The Morgan fingerprint density at radius 1 is 1.30 bits per heavy atom. The zero-order valence-corrected chi connectivity index (χ0v) is 12.6. The molecule has 3 heterocycles. The van der Waals surface area contributed by atoms with E-state index in [9.17, 15) is 0 Å². The molecule has 1 aliphatic carbocycles. The Labute approximate surface area is 123 Å². The van der Waals surface area contributed by atoms with Gasteiger partial charge in [-0.05, 0) is 24.8 Å². The lowest BCUT2D eigenvalue weighted by Crippen LogP contribution is -1.98. The van der Waals surface area contributed by atoms with Gasteiger partial charge in [0.15, 0.2) is 10.8 Å². The van der Waals surface area contributed by atoms with E-state index >= 15 is 0 Å². The maximum Gasteiger partial charge on any atom is 0.235 e. The van der Waals surface area contributed by atoms with Crippen molar-refractivity contribution in [3.8, 4) is 10.6 Å². The van der Waals surface area contributed by atoms with Gasteiger partial charge in [-0.1, -0.05) is 11.3 Å². The van der Waals surface area contributed by atoms with Crippen LogP contribution in [0.4, 0.5) is 5.00 Å². The van der Waals surface area contributed by atoms with Crippen LogP contribution in [0.3, 0.4) is 0 Å². The third kappa shape index (κ3) is 1.68. The minimum absolute atomic E-state index is 0.404. The first-order valence-corrected chi connectivity index (χ1v) is 8.01. The van der Waals surface area contributed by atoms with Gasteiger partial charge in [0.2, 0.25) is 4.96 Å². The van der Waals surface area contributed by atoms with E-state index in [-0.39, 0.29) is 0 Å². The van der Waals surface area contributed by atoms with Gasteiger partial charge in [-0.3, -0.25) is 0 Å². The van der Waals surface area contributed by atoms with Crippen LogP contribution in [-0.2, 0) is 24.2 Å². The smallest absolute Gasteiger partial charge is 0.235 e. The lowest BCUT2D eigenvalue weighted by molar-refractivity contribution is 0.176. The summed E-state index contributed by atoms with van der Waals surface area (Å²) in [7, 11) is 1.64. The number of anilines is 1. The van der Waals surface area contributed by atoms with Crippen LogP contribution >= 0.6 is 22.7 Å². The fourth-order valence-electron chi connectivity index (χ4n) is 2.64. The van der Waals surface area contributed by atoms with Gasteiger partial charge in [-0.25, -0.2) is 0 Å². The Balaban J connectivity index is 1.86. The summed E-state index contributed by atoms with van der Waals surface area (Å²) in [5.74, 6) is 0.718. The fraction of sp³-hybridized carbons (Fsp3) is 0.417. The Kier molecular flexibility index (Phi) is 2.76. The van der Waals surface area contributed by atoms with Crippen LogP contribution < -0.4 is 5.73 Å². The third-order valence-electron chi connectivity index (χ3n) is 3.49. The van der Waals surface area contributed by atoms with Crippen LogP contribution in [0.25, 0.3) is 15.5 Å². The topological polar surface area (TPSA) is 78.3 Å². The van der Waals surface area contributed by atoms with Crippen LogP contribution in [0.2, 0.25) is 0 Å². The molecule has 0 atom stereocenters. The summed E-state index contributed by atoms with van der Waals surface area (Å²) in [4.78, 5) is 2.20. The van der Waals surface area contributed by atoms with E-state index in [0.29, 0.717) is 6.61 Å². The first kappa shape index (κ1) is 12.2. The molecule has 0 radical (unpaired) electrons. The van der Waals surface area contributed by atoms with E-state index in [2.05, 4.69) is 15.3 Å². The molecule has 0 bridgehead atoms. The Bertz CT molecular complexity index is 787. The highest BCUT2D eigenvalue weighted by Crippen LogP contribution is 2.44. The average Bonchev–Trinajstić information content (AvgIpc) is 3.11. The third-order valence-corrected chi connectivity index (χ3v) is 5.53. The standard InChI is InChI=1S/C12H13N5OS2/c1-18-5-8-14-15-12-17(8)16-11(20-12)9-6-3-2-4-7(6)19-10(9)13/h2-5,13H2,1H3. The molecule has 0 unspecified atom stereocenters. The van der Waals surface area contributed by atoms with Crippen molar-refractivity contribution in [2.45, 2.75) is 25.9 Å². The van der Waals surface area contributed by atoms with E-state index < -0.39 is 0 Å². The molecule has 0 spiro atoms. The maximum absolute atomic E-state index is 6.19. The Morgan fingerprint density at radius 3 is 3.05 bits per heavy atom. The molecule has 2 N–H and O–H groups in total. The average molecular weight is 307 g/mol. The zero-order chi connectivity index (χ0) is 13.7. The summed E-state index contributed by atoms with van der Waals surface area (Å²) in [5.41, 5.74) is 8.68. The van der Waals surface area contributed by atoms with Crippen molar-refractivity contribution in [3.05, 3.63) is 16.3 Å². The lowest BCUT2D eigenvalue weighted by Gasteiger charge is -1.98. The zero-order valence-electron chi connectivity index (χ0n) is 10.9. The predicted molar refractivity (Wildman–Crippen MR) is 79.1 cm³/mol. The molecule has 3 aromatic rings. The SMILES string of the molecule is COCc1nnc2sc(-c3c(N)sc4c3CCC4)nn12. The molecule has 0 fully saturated rings. The number of fused-ring (bicyclic) bond motifs is 2. The quantitative estimate of drug-likeness (QED) is 0.802. The van der Waals surface area contributed by atoms with Crippen molar-refractivity contribution in [2.75, 3.05) is 12.8 Å². The fourth-order valence-corrected chi connectivity index (χ4v) is 4.81. The van der Waals surface area contributed by atoms with Crippen LogP contribution in [0.1, 0.15) is 22.7 Å². The molecular formula is C12H13N5OS2. The summed E-state index contributed by atoms with van der Waals surface area (Å²) >= 11 is 3.23. The molecule has 0 saturated heterocycles. The van der Waals surface area contributed by atoms with E-state index in [1.165, 1.54) is 28.2 Å². The predicted octanol–water partition coefficient (Wildman–Crippen LogP) is 2.13. The number of ether oxygens (including phenoxy) is 1. The second-order valence-electron chi connectivity index (χ2n) is 4.75.